The molecular formula is C19H37F3N6. The molecule has 0 radical (unpaired) electrons. The van der Waals surface area contributed by atoms with Crippen LogP contribution in [0.2, 0.25) is 0 Å². The van der Waals surface area contributed by atoms with E-state index >= 15 is 0 Å². The first-order chi connectivity index (χ1) is 13.2. The summed E-state index contributed by atoms with van der Waals surface area (Å²) in [7, 11) is 2.15. The van der Waals surface area contributed by atoms with Crippen LogP contribution in [-0.2, 0) is 0 Å². The Morgan fingerprint density at radius 3 is 2.39 bits per heavy atom. The molecule has 2 aliphatic rings. The van der Waals surface area contributed by atoms with E-state index in [0.29, 0.717) is 44.0 Å². The molecule has 2 N–H and O–H groups in total. The van der Waals surface area contributed by atoms with Crippen molar-refractivity contribution in [2.24, 2.45) is 10.9 Å². The fourth-order valence-corrected chi connectivity index (χ4v) is 3.95. The number of rotatable bonds is 7. The smallest absolute Gasteiger partial charge is 0.357 e. The Kier molecular flexibility index (Phi) is 8.82. The number of guanidine groups is 1. The zero-order chi connectivity index (χ0) is 20.7. The zero-order valence-electron chi connectivity index (χ0n) is 17.7. The highest BCUT2D eigenvalue weighted by molar-refractivity contribution is 5.80. The number of aliphatic imine (C=N–C) groups is 1. The van der Waals surface area contributed by atoms with Gasteiger partial charge in [-0.2, -0.15) is 13.2 Å². The van der Waals surface area contributed by atoms with E-state index in [9.17, 15) is 13.2 Å². The van der Waals surface area contributed by atoms with Crippen LogP contribution in [0.4, 0.5) is 13.2 Å². The Hall–Kier alpha value is -1.06. The maximum atomic E-state index is 12.6. The van der Waals surface area contributed by atoms with Crippen LogP contribution in [-0.4, -0.2) is 105 Å². The average molecular weight is 407 g/mol. The molecule has 2 unspecified atom stereocenters. The molecular weight excluding hydrogens is 369 g/mol. The lowest BCUT2D eigenvalue weighted by atomic mass is 10.0. The summed E-state index contributed by atoms with van der Waals surface area (Å²) in [6.45, 7) is 12.1. The minimum atomic E-state index is -4.14. The highest BCUT2D eigenvalue weighted by Gasteiger charge is 2.34. The molecule has 0 aromatic carbocycles. The van der Waals surface area contributed by atoms with E-state index in [1.807, 2.05) is 6.92 Å². The third kappa shape index (κ3) is 7.75. The molecule has 2 saturated heterocycles. The fourth-order valence-electron chi connectivity index (χ4n) is 3.95. The molecule has 2 heterocycles. The van der Waals surface area contributed by atoms with Crippen LogP contribution in [0, 0.1) is 5.92 Å². The lowest BCUT2D eigenvalue weighted by Gasteiger charge is -2.39. The molecule has 6 nitrogen and oxygen atoms in total. The summed E-state index contributed by atoms with van der Waals surface area (Å²) >= 11 is 0. The largest absolute Gasteiger partial charge is 0.401 e. The monoisotopic (exact) mass is 406 g/mol. The Morgan fingerprint density at radius 2 is 1.82 bits per heavy atom. The summed E-state index contributed by atoms with van der Waals surface area (Å²) in [5.41, 5.74) is 0. The van der Waals surface area contributed by atoms with Gasteiger partial charge in [-0.1, -0.05) is 13.8 Å². The first kappa shape index (κ1) is 23.2. The van der Waals surface area contributed by atoms with E-state index in [0.717, 1.165) is 32.7 Å². The van der Waals surface area contributed by atoms with E-state index in [1.165, 1.54) is 4.90 Å². The third-order valence-corrected chi connectivity index (χ3v) is 5.57. The molecule has 2 atom stereocenters. The van der Waals surface area contributed by atoms with Crippen LogP contribution in [0.1, 0.15) is 27.2 Å². The molecule has 2 rings (SSSR count). The molecule has 0 aromatic heterocycles. The van der Waals surface area contributed by atoms with Gasteiger partial charge in [-0.05, 0) is 26.3 Å². The van der Waals surface area contributed by atoms with Crippen molar-refractivity contribution in [3.63, 3.8) is 0 Å². The first-order valence-corrected chi connectivity index (χ1v) is 10.4. The standard InChI is InChI=1S/C19H37F3N6/c1-5-23-18(25-16-6-7-27(13-16)14-19(20,21)22)24-12-17(15(2)3)28-10-8-26(4)9-11-28/h15-17H,5-14H2,1-4H3,(H2,23,24,25). The Labute approximate surface area is 167 Å². The number of alkyl halides is 3. The second-order valence-electron chi connectivity index (χ2n) is 8.35. The molecule has 0 saturated carbocycles. The number of piperazine rings is 1. The number of nitrogens with one attached hydrogen (secondary N) is 2. The number of likely N-dealkylation sites (tertiary alicyclic amines) is 1. The minimum absolute atomic E-state index is 0.00119. The highest BCUT2D eigenvalue weighted by atomic mass is 19.4. The highest BCUT2D eigenvalue weighted by Crippen LogP contribution is 2.20. The van der Waals surface area contributed by atoms with Gasteiger partial charge in [0.05, 0.1) is 13.1 Å². The second-order valence-corrected chi connectivity index (χ2v) is 8.35. The SMILES string of the molecule is CCNC(=NCC(C(C)C)N1CCN(C)CC1)NC1CCN(CC(F)(F)F)C1. The van der Waals surface area contributed by atoms with Gasteiger partial charge in [0.1, 0.15) is 0 Å². The third-order valence-electron chi connectivity index (χ3n) is 5.57. The topological polar surface area (TPSA) is 46.1 Å². The number of hydrogen-bond donors (Lipinski definition) is 2. The van der Waals surface area contributed by atoms with Crippen LogP contribution in [0.15, 0.2) is 4.99 Å². The van der Waals surface area contributed by atoms with Crippen molar-refractivity contribution in [1.29, 1.82) is 0 Å². The minimum Gasteiger partial charge on any atom is -0.357 e. The van der Waals surface area contributed by atoms with E-state index < -0.39 is 12.7 Å². The first-order valence-electron chi connectivity index (χ1n) is 10.4. The van der Waals surface area contributed by atoms with Crippen LogP contribution in [0.5, 0.6) is 0 Å². The fraction of sp³-hybridized carbons (Fsp3) is 0.947. The molecule has 0 spiro atoms. The Morgan fingerprint density at radius 1 is 1.14 bits per heavy atom. The molecule has 164 valence electrons. The number of nitrogens with zero attached hydrogens (tertiary/aromatic N) is 4. The van der Waals surface area contributed by atoms with Crippen LogP contribution in [0.3, 0.4) is 0 Å². The summed E-state index contributed by atoms with van der Waals surface area (Å²) in [6.07, 6.45) is -3.44. The summed E-state index contributed by atoms with van der Waals surface area (Å²) < 4.78 is 37.8. The summed E-state index contributed by atoms with van der Waals surface area (Å²) in [6, 6.07) is 0.371. The molecule has 2 aliphatic heterocycles. The molecule has 0 aromatic rings. The number of halogens is 3. The summed E-state index contributed by atoms with van der Waals surface area (Å²) in [5.74, 6) is 1.20. The lowest BCUT2D eigenvalue weighted by molar-refractivity contribution is -0.143. The van der Waals surface area contributed by atoms with Gasteiger partial charge in [0.25, 0.3) is 0 Å². The van der Waals surface area contributed by atoms with Crippen molar-refractivity contribution in [3.8, 4) is 0 Å². The quantitative estimate of drug-likeness (QED) is 0.495. The van der Waals surface area contributed by atoms with Crippen LogP contribution in [0.25, 0.3) is 0 Å². The molecule has 0 amide bonds. The van der Waals surface area contributed by atoms with Gasteiger partial charge in [0, 0.05) is 57.9 Å². The van der Waals surface area contributed by atoms with E-state index in [1.54, 1.807) is 0 Å². The van der Waals surface area contributed by atoms with E-state index in [-0.39, 0.29) is 6.04 Å². The average Bonchev–Trinajstić information content (AvgIpc) is 3.01. The second kappa shape index (κ2) is 10.6. The van der Waals surface area contributed by atoms with Gasteiger partial charge in [-0.3, -0.25) is 14.8 Å². The van der Waals surface area contributed by atoms with E-state index in [4.69, 9.17) is 4.99 Å². The summed E-state index contributed by atoms with van der Waals surface area (Å²) in [4.78, 5) is 11.1. The van der Waals surface area contributed by atoms with Gasteiger partial charge >= 0.3 is 6.18 Å². The zero-order valence-corrected chi connectivity index (χ0v) is 17.7. The number of likely N-dealkylation sites (N-methyl/N-ethyl adjacent to an activating group) is 1. The molecule has 2 fully saturated rings. The predicted molar refractivity (Wildman–Crippen MR) is 108 cm³/mol. The number of hydrogen-bond acceptors (Lipinski definition) is 4. The molecule has 0 aliphatic carbocycles. The van der Waals surface area contributed by atoms with Crippen molar-refractivity contribution in [2.45, 2.75) is 45.5 Å². The predicted octanol–water partition coefficient (Wildman–Crippen LogP) is 1.45. The van der Waals surface area contributed by atoms with Gasteiger partial charge in [0.15, 0.2) is 5.96 Å². The summed E-state index contributed by atoms with van der Waals surface area (Å²) in [5, 5.41) is 6.59. The van der Waals surface area contributed by atoms with Gasteiger partial charge in [-0.15, -0.1) is 0 Å². The Balaban J connectivity index is 1.91. The van der Waals surface area contributed by atoms with Gasteiger partial charge < -0.3 is 15.5 Å². The van der Waals surface area contributed by atoms with Crippen LogP contribution >= 0.6 is 0 Å². The van der Waals surface area contributed by atoms with Crippen molar-refractivity contribution in [3.05, 3.63) is 0 Å². The molecule has 28 heavy (non-hydrogen) atoms. The van der Waals surface area contributed by atoms with Crippen LogP contribution < -0.4 is 10.6 Å². The maximum Gasteiger partial charge on any atom is 0.401 e. The van der Waals surface area contributed by atoms with E-state index in [2.05, 4.69) is 41.3 Å². The van der Waals surface area contributed by atoms with Gasteiger partial charge in [0.2, 0.25) is 0 Å². The van der Waals surface area contributed by atoms with Crippen molar-refractivity contribution in [2.75, 3.05) is 66.0 Å². The molecule has 0 bridgehead atoms. The molecule has 9 heteroatoms. The van der Waals surface area contributed by atoms with Crippen molar-refractivity contribution < 1.29 is 13.2 Å². The maximum absolute atomic E-state index is 12.6. The lowest BCUT2D eigenvalue weighted by Crippen LogP contribution is -2.52. The Bertz CT molecular complexity index is 489. The van der Waals surface area contributed by atoms with Crippen molar-refractivity contribution in [1.82, 2.24) is 25.3 Å². The van der Waals surface area contributed by atoms with Gasteiger partial charge in [-0.25, -0.2) is 0 Å². The normalized spacial score (nSPS) is 24.7. The van der Waals surface area contributed by atoms with Crippen molar-refractivity contribution >= 4 is 5.96 Å².